The molecule has 0 aliphatic carbocycles. The first-order valence-electron chi connectivity index (χ1n) is 8.16. The minimum absolute atomic E-state index is 0.559. The molecule has 0 amide bonds. The number of para-hydroxylation sites is 1. The van der Waals surface area contributed by atoms with Crippen LogP contribution in [0.2, 0.25) is 0 Å². The van der Waals surface area contributed by atoms with Crippen molar-refractivity contribution in [3.8, 4) is 17.2 Å². The predicted octanol–water partition coefficient (Wildman–Crippen LogP) is 1.72. The Morgan fingerprint density at radius 2 is 1.88 bits per heavy atom. The lowest BCUT2D eigenvalue weighted by Crippen LogP contribution is -2.24. The largest absolute Gasteiger partial charge is 0.488 e. The maximum atomic E-state index is 5.78. The van der Waals surface area contributed by atoms with Gasteiger partial charge in [-0.1, -0.05) is 6.07 Å². The van der Waals surface area contributed by atoms with Gasteiger partial charge in [-0.25, -0.2) is 9.97 Å². The Morgan fingerprint density at radius 1 is 1.00 bits per heavy atom. The quantitative estimate of drug-likeness (QED) is 0.678. The van der Waals surface area contributed by atoms with Crippen molar-refractivity contribution < 1.29 is 14.2 Å². The molecule has 24 heavy (non-hydrogen) atoms. The first kappa shape index (κ1) is 16.3. The Labute approximate surface area is 141 Å². The van der Waals surface area contributed by atoms with Crippen LogP contribution in [-0.4, -0.2) is 49.4 Å². The molecule has 0 atom stereocenters. The summed E-state index contributed by atoms with van der Waals surface area (Å²) in [6.07, 6.45) is 4.43. The number of benzene rings is 1. The molecular weight excluding hydrogens is 308 g/mol. The van der Waals surface area contributed by atoms with Gasteiger partial charge >= 0.3 is 0 Å². The molecule has 1 aromatic heterocycles. The summed E-state index contributed by atoms with van der Waals surface area (Å²) in [6.45, 7) is 4.22. The summed E-state index contributed by atoms with van der Waals surface area (Å²) in [5.41, 5.74) is 0. The van der Waals surface area contributed by atoms with E-state index in [1.807, 2.05) is 18.2 Å². The molecule has 1 aliphatic heterocycles. The molecule has 7 nitrogen and oxygen atoms in total. The van der Waals surface area contributed by atoms with Crippen molar-refractivity contribution in [1.82, 2.24) is 15.3 Å². The van der Waals surface area contributed by atoms with Gasteiger partial charge < -0.3 is 24.8 Å². The van der Waals surface area contributed by atoms with Gasteiger partial charge in [0, 0.05) is 25.5 Å². The van der Waals surface area contributed by atoms with Crippen molar-refractivity contribution in [3.05, 3.63) is 36.7 Å². The maximum absolute atomic E-state index is 5.78. The molecule has 3 rings (SSSR count). The van der Waals surface area contributed by atoms with Crippen LogP contribution < -0.4 is 24.8 Å². The topological polar surface area (TPSA) is 77.5 Å². The monoisotopic (exact) mass is 330 g/mol. The van der Waals surface area contributed by atoms with E-state index < -0.39 is 0 Å². The third kappa shape index (κ3) is 4.73. The number of nitrogens with zero attached hydrogens (tertiary/aromatic N) is 2. The summed E-state index contributed by atoms with van der Waals surface area (Å²) in [5.74, 6) is 2.85. The zero-order chi connectivity index (χ0) is 16.5. The van der Waals surface area contributed by atoms with Gasteiger partial charge in [-0.05, 0) is 31.2 Å². The first-order valence-corrected chi connectivity index (χ1v) is 8.16. The molecule has 2 aromatic rings. The van der Waals surface area contributed by atoms with Crippen LogP contribution in [0.1, 0.15) is 6.42 Å². The minimum atomic E-state index is 0.559. The van der Waals surface area contributed by atoms with Crippen molar-refractivity contribution in [2.75, 3.05) is 44.8 Å². The van der Waals surface area contributed by atoms with Gasteiger partial charge in [0.2, 0.25) is 11.7 Å². The lowest BCUT2D eigenvalue weighted by atomic mass is 10.3. The average molecular weight is 330 g/mol. The molecule has 0 bridgehead atoms. The Morgan fingerprint density at radius 3 is 2.79 bits per heavy atom. The first-order chi connectivity index (χ1) is 11.9. The fourth-order valence-electron chi connectivity index (χ4n) is 2.32. The normalized spacial score (nSPS) is 12.7. The number of hydrogen-bond acceptors (Lipinski definition) is 7. The molecule has 0 fully saturated rings. The van der Waals surface area contributed by atoms with Gasteiger partial charge in [-0.15, -0.1) is 0 Å². The Bertz CT molecular complexity index is 624. The average Bonchev–Trinajstić information content (AvgIpc) is 2.65. The fraction of sp³-hybridized carbons (Fsp3) is 0.412. The molecule has 1 aromatic carbocycles. The van der Waals surface area contributed by atoms with Crippen molar-refractivity contribution in [1.29, 1.82) is 0 Å². The number of nitrogens with one attached hydrogen (secondary N) is 2. The Hall–Kier alpha value is -2.54. The molecule has 7 heteroatoms. The van der Waals surface area contributed by atoms with Crippen LogP contribution in [-0.2, 0) is 0 Å². The number of aromatic nitrogens is 2. The van der Waals surface area contributed by atoms with Gasteiger partial charge in [0.1, 0.15) is 19.8 Å². The third-order valence-corrected chi connectivity index (χ3v) is 3.45. The highest BCUT2D eigenvalue weighted by molar-refractivity contribution is 5.51. The van der Waals surface area contributed by atoms with E-state index in [1.165, 1.54) is 0 Å². The second-order valence-electron chi connectivity index (χ2n) is 5.23. The van der Waals surface area contributed by atoms with E-state index >= 15 is 0 Å². The fourth-order valence-corrected chi connectivity index (χ4v) is 2.32. The van der Waals surface area contributed by atoms with E-state index in [1.54, 1.807) is 18.5 Å². The molecule has 2 N–H and O–H groups in total. The number of rotatable bonds is 9. The number of anilines is 1. The van der Waals surface area contributed by atoms with Gasteiger partial charge in [0.15, 0.2) is 11.5 Å². The Kier molecular flexibility index (Phi) is 6.07. The van der Waals surface area contributed by atoms with Gasteiger partial charge in [0.05, 0.1) is 0 Å². The summed E-state index contributed by atoms with van der Waals surface area (Å²) in [4.78, 5) is 8.22. The van der Waals surface area contributed by atoms with Crippen LogP contribution >= 0.6 is 0 Å². The highest BCUT2D eigenvalue weighted by atomic mass is 16.6. The maximum Gasteiger partial charge on any atom is 0.222 e. The Balaban J connectivity index is 1.28. The van der Waals surface area contributed by atoms with E-state index in [0.717, 1.165) is 37.6 Å². The third-order valence-electron chi connectivity index (χ3n) is 3.45. The second kappa shape index (κ2) is 8.93. The van der Waals surface area contributed by atoms with E-state index in [0.29, 0.717) is 31.5 Å². The highest BCUT2D eigenvalue weighted by Crippen LogP contribution is 2.38. The molecule has 0 saturated carbocycles. The lowest BCUT2D eigenvalue weighted by Gasteiger charge is -2.20. The van der Waals surface area contributed by atoms with E-state index in [2.05, 4.69) is 20.6 Å². The molecule has 0 unspecified atom stereocenters. The highest BCUT2D eigenvalue weighted by Gasteiger charge is 2.16. The van der Waals surface area contributed by atoms with Gasteiger partial charge in [0.25, 0.3) is 0 Å². The summed E-state index contributed by atoms with van der Waals surface area (Å²) >= 11 is 0. The van der Waals surface area contributed by atoms with Crippen LogP contribution in [0.5, 0.6) is 17.2 Å². The van der Waals surface area contributed by atoms with Crippen LogP contribution in [0.4, 0.5) is 5.95 Å². The van der Waals surface area contributed by atoms with E-state index in [-0.39, 0.29) is 0 Å². The van der Waals surface area contributed by atoms with Crippen LogP contribution in [0.15, 0.2) is 36.7 Å². The summed E-state index contributed by atoms with van der Waals surface area (Å²) in [6, 6.07) is 7.50. The van der Waals surface area contributed by atoms with Crippen molar-refractivity contribution in [2.24, 2.45) is 0 Å². The molecule has 0 spiro atoms. The SMILES string of the molecule is c1cnc(NCCCNCCOc2cccc3c2OCCO3)nc1. The molecular formula is C17H22N4O3. The van der Waals surface area contributed by atoms with Gasteiger partial charge in [-0.2, -0.15) is 0 Å². The van der Waals surface area contributed by atoms with Crippen molar-refractivity contribution in [3.63, 3.8) is 0 Å². The predicted molar refractivity (Wildman–Crippen MR) is 90.9 cm³/mol. The molecule has 0 saturated heterocycles. The zero-order valence-corrected chi connectivity index (χ0v) is 13.5. The number of hydrogen-bond donors (Lipinski definition) is 2. The molecule has 128 valence electrons. The van der Waals surface area contributed by atoms with Crippen LogP contribution in [0, 0.1) is 0 Å². The van der Waals surface area contributed by atoms with E-state index in [4.69, 9.17) is 14.2 Å². The second-order valence-corrected chi connectivity index (χ2v) is 5.23. The minimum Gasteiger partial charge on any atom is -0.488 e. The molecule has 2 heterocycles. The van der Waals surface area contributed by atoms with Crippen molar-refractivity contribution in [2.45, 2.75) is 6.42 Å². The van der Waals surface area contributed by atoms with E-state index in [9.17, 15) is 0 Å². The van der Waals surface area contributed by atoms with Crippen LogP contribution in [0.3, 0.4) is 0 Å². The zero-order valence-electron chi connectivity index (χ0n) is 13.5. The molecule has 0 radical (unpaired) electrons. The number of ether oxygens (including phenoxy) is 3. The number of fused-ring (bicyclic) bond motifs is 1. The summed E-state index contributed by atoms with van der Waals surface area (Å²) in [5, 5.41) is 6.52. The van der Waals surface area contributed by atoms with Crippen molar-refractivity contribution >= 4 is 5.95 Å². The van der Waals surface area contributed by atoms with Gasteiger partial charge in [-0.3, -0.25) is 0 Å². The standard InChI is InChI=1S/C17H22N4O3/c1-4-14(16-15(5-1)23-12-13-24-16)22-11-10-18-6-2-7-19-17-20-8-3-9-21-17/h1,3-5,8-9,18H,2,6-7,10-13H2,(H,19,20,21). The molecule has 1 aliphatic rings. The summed E-state index contributed by atoms with van der Waals surface area (Å²) < 4.78 is 16.9. The smallest absolute Gasteiger partial charge is 0.222 e. The van der Waals surface area contributed by atoms with Crippen LogP contribution in [0.25, 0.3) is 0 Å². The lowest BCUT2D eigenvalue weighted by molar-refractivity contribution is 0.162. The summed E-state index contributed by atoms with van der Waals surface area (Å²) in [7, 11) is 0.